The van der Waals surface area contributed by atoms with Crippen LogP contribution in [0, 0.1) is 5.82 Å². The number of aromatic nitrogens is 2. The molecule has 0 saturated heterocycles. The van der Waals surface area contributed by atoms with E-state index in [1.54, 1.807) is 17.8 Å². The zero-order valence-corrected chi connectivity index (χ0v) is 12.3. The Morgan fingerprint density at radius 3 is 2.89 bits per heavy atom. The third-order valence-corrected chi connectivity index (χ3v) is 3.65. The summed E-state index contributed by atoms with van der Waals surface area (Å²) >= 11 is 9.38. The lowest BCUT2D eigenvalue weighted by Gasteiger charge is -2.05. The van der Waals surface area contributed by atoms with Gasteiger partial charge < -0.3 is 5.32 Å². The second-order valence-corrected chi connectivity index (χ2v) is 5.12. The van der Waals surface area contributed by atoms with Crippen LogP contribution in [0.25, 0.3) is 11.3 Å². The first-order valence-electron chi connectivity index (χ1n) is 5.36. The summed E-state index contributed by atoms with van der Waals surface area (Å²) < 4.78 is 16.3. The first-order chi connectivity index (χ1) is 8.54. The molecule has 0 aliphatic heterocycles. The molecule has 96 valence electrons. The number of rotatable bonds is 3. The monoisotopic (exact) mass is 331 g/mol. The van der Waals surface area contributed by atoms with E-state index >= 15 is 0 Å². The van der Waals surface area contributed by atoms with Gasteiger partial charge in [0.1, 0.15) is 5.82 Å². The fourth-order valence-electron chi connectivity index (χ4n) is 1.81. The number of hydrogen-bond acceptors (Lipinski definition) is 2. The van der Waals surface area contributed by atoms with Gasteiger partial charge in [-0.15, -0.1) is 0 Å². The predicted octanol–water partition coefficient (Wildman–Crippen LogP) is 3.36. The van der Waals surface area contributed by atoms with E-state index in [2.05, 4.69) is 26.3 Å². The van der Waals surface area contributed by atoms with Crippen LogP contribution >= 0.6 is 27.5 Å². The molecule has 0 spiro atoms. The van der Waals surface area contributed by atoms with Crippen molar-refractivity contribution in [3.05, 3.63) is 39.2 Å². The molecular weight excluding hydrogens is 321 g/mol. The molecule has 3 nitrogen and oxygen atoms in total. The van der Waals surface area contributed by atoms with Crippen molar-refractivity contribution < 1.29 is 4.39 Å². The third-order valence-electron chi connectivity index (χ3n) is 2.58. The average Bonchev–Trinajstić information content (AvgIpc) is 2.59. The molecule has 0 bridgehead atoms. The lowest BCUT2D eigenvalue weighted by atomic mass is 10.1. The molecule has 1 aromatic heterocycles. The maximum Gasteiger partial charge on any atom is 0.132 e. The Morgan fingerprint density at radius 1 is 1.50 bits per heavy atom. The van der Waals surface area contributed by atoms with E-state index in [0.717, 1.165) is 10.2 Å². The summed E-state index contributed by atoms with van der Waals surface area (Å²) in [6, 6.07) is 4.48. The lowest BCUT2D eigenvalue weighted by molar-refractivity contribution is 0.627. The largest absolute Gasteiger partial charge is 0.314 e. The van der Waals surface area contributed by atoms with E-state index in [-0.39, 0.29) is 5.82 Å². The number of nitrogens with zero attached hydrogens (tertiary/aromatic N) is 2. The summed E-state index contributed by atoms with van der Waals surface area (Å²) in [5, 5.41) is 7.86. The Kier molecular flexibility index (Phi) is 4.04. The second-order valence-electron chi connectivity index (χ2n) is 3.89. The molecule has 1 N–H and O–H groups in total. The summed E-state index contributed by atoms with van der Waals surface area (Å²) in [5.74, 6) is -0.320. The maximum atomic E-state index is 13.9. The van der Waals surface area contributed by atoms with Crippen LogP contribution in [0.15, 0.2) is 22.7 Å². The number of hydrogen-bond donors (Lipinski definition) is 1. The molecule has 0 amide bonds. The summed E-state index contributed by atoms with van der Waals surface area (Å²) in [7, 11) is 3.61. The van der Waals surface area contributed by atoms with Gasteiger partial charge >= 0.3 is 0 Å². The standard InChI is InChI=1S/C12H12BrClFN3/c1-16-6-10-11(13)12(18(2)17-10)8-5-7(14)3-4-9(8)15/h3-5,16H,6H2,1-2H3. The molecule has 1 heterocycles. The van der Waals surface area contributed by atoms with Gasteiger partial charge in [0.15, 0.2) is 0 Å². The molecule has 2 aromatic rings. The van der Waals surface area contributed by atoms with Gasteiger partial charge in [0.25, 0.3) is 0 Å². The molecule has 18 heavy (non-hydrogen) atoms. The summed E-state index contributed by atoms with van der Waals surface area (Å²) in [5.41, 5.74) is 1.95. The minimum absolute atomic E-state index is 0.320. The molecule has 1 aromatic carbocycles. The fourth-order valence-corrected chi connectivity index (χ4v) is 2.67. The Morgan fingerprint density at radius 2 is 2.22 bits per heavy atom. The van der Waals surface area contributed by atoms with Crippen LogP contribution in [0.4, 0.5) is 4.39 Å². The van der Waals surface area contributed by atoms with Gasteiger partial charge in [-0.1, -0.05) is 11.6 Å². The van der Waals surface area contributed by atoms with E-state index in [9.17, 15) is 4.39 Å². The van der Waals surface area contributed by atoms with Crippen molar-refractivity contribution in [1.82, 2.24) is 15.1 Å². The van der Waals surface area contributed by atoms with Crippen molar-refractivity contribution in [2.75, 3.05) is 7.05 Å². The predicted molar refractivity (Wildman–Crippen MR) is 74.1 cm³/mol. The highest BCUT2D eigenvalue weighted by Crippen LogP contribution is 2.33. The Hall–Kier alpha value is -0.910. The molecule has 0 saturated carbocycles. The van der Waals surface area contributed by atoms with E-state index < -0.39 is 0 Å². The zero-order chi connectivity index (χ0) is 13.3. The van der Waals surface area contributed by atoms with Crippen molar-refractivity contribution in [3.63, 3.8) is 0 Å². The van der Waals surface area contributed by atoms with Crippen LogP contribution in [0.3, 0.4) is 0 Å². The van der Waals surface area contributed by atoms with Crippen LogP contribution < -0.4 is 5.32 Å². The lowest BCUT2D eigenvalue weighted by Crippen LogP contribution is -2.06. The molecule has 6 heteroatoms. The molecule has 0 aliphatic rings. The summed E-state index contributed by atoms with van der Waals surface area (Å²) in [4.78, 5) is 0. The molecule has 0 atom stereocenters. The maximum absolute atomic E-state index is 13.9. The van der Waals surface area contributed by atoms with Crippen LogP contribution in [0.1, 0.15) is 5.69 Å². The topological polar surface area (TPSA) is 29.9 Å². The number of halogens is 3. The molecule has 0 fully saturated rings. The number of benzene rings is 1. The average molecular weight is 333 g/mol. The van der Waals surface area contributed by atoms with Crippen LogP contribution in [0.5, 0.6) is 0 Å². The Labute approximate surface area is 118 Å². The van der Waals surface area contributed by atoms with Crippen molar-refractivity contribution in [2.24, 2.45) is 7.05 Å². The van der Waals surface area contributed by atoms with Gasteiger partial charge in [-0.3, -0.25) is 4.68 Å². The van der Waals surface area contributed by atoms with Crippen molar-refractivity contribution in [3.8, 4) is 11.3 Å². The minimum Gasteiger partial charge on any atom is -0.314 e. The highest BCUT2D eigenvalue weighted by Gasteiger charge is 2.18. The van der Waals surface area contributed by atoms with Crippen molar-refractivity contribution >= 4 is 27.5 Å². The van der Waals surface area contributed by atoms with Gasteiger partial charge in [-0.2, -0.15) is 5.10 Å². The molecule has 0 radical (unpaired) electrons. The molecule has 0 aliphatic carbocycles. The summed E-state index contributed by atoms with van der Waals surface area (Å²) in [6.45, 7) is 0.608. The minimum atomic E-state index is -0.320. The quantitative estimate of drug-likeness (QED) is 0.934. The van der Waals surface area contributed by atoms with E-state index in [0.29, 0.717) is 22.8 Å². The van der Waals surface area contributed by atoms with E-state index in [1.807, 2.05) is 7.05 Å². The van der Waals surface area contributed by atoms with Crippen LogP contribution in [-0.4, -0.2) is 16.8 Å². The van der Waals surface area contributed by atoms with Gasteiger partial charge in [0.2, 0.25) is 0 Å². The Bertz CT molecular complexity index is 583. The smallest absolute Gasteiger partial charge is 0.132 e. The summed E-state index contributed by atoms with van der Waals surface area (Å²) in [6.07, 6.45) is 0. The van der Waals surface area contributed by atoms with Gasteiger partial charge in [-0.25, -0.2) is 4.39 Å². The van der Waals surface area contributed by atoms with Gasteiger partial charge in [0, 0.05) is 24.2 Å². The zero-order valence-electron chi connectivity index (χ0n) is 9.97. The van der Waals surface area contributed by atoms with Gasteiger partial charge in [0.05, 0.1) is 15.9 Å². The second kappa shape index (κ2) is 5.38. The first-order valence-corrected chi connectivity index (χ1v) is 6.53. The molecule has 0 unspecified atom stereocenters. The molecule has 2 rings (SSSR count). The number of nitrogens with one attached hydrogen (secondary N) is 1. The van der Waals surface area contributed by atoms with Crippen LogP contribution in [0.2, 0.25) is 5.02 Å². The normalized spacial score (nSPS) is 10.9. The van der Waals surface area contributed by atoms with E-state index in [4.69, 9.17) is 11.6 Å². The fraction of sp³-hybridized carbons (Fsp3) is 0.250. The first kappa shape index (κ1) is 13.5. The van der Waals surface area contributed by atoms with Crippen molar-refractivity contribution in [2.45, 2.75) is 6.54 Å². The highest BCUT2D eigenvalue weighted by molar-refractivity contribution is 9.10. The number of aryl methyl sites for hydroxylation is 1. The molecular formula is C12H12BrClFN3. The van der Waals surface area contributed by atoms with E-state index in [1.165, 1.54) is 12.1 Å². The van der Waals surface area contributed by atoms with Crippen LogP contribution in [-0.2, 0) is 13.6 Å². The van der Waals surface area contributed by atoms with Crippen molar-refractivity contribution in [1.29, 1.82) is 0 Å². The Balaban J connectivity index is 2.60. The third kappa shape index (κ3) is 2.43. The highest BCUT2D eigenvalue weighted by atomic mass is 79.9. The van der Waals surface area contributed by atoms with Gasteiger partial charge in [-0.05, 0) is 41.2 Å². The SMILES string of the molecule is CNCc1nn(C)c(-c2cc(Cl)ccc2F)c1Br.